The fraction of sp³-hybridized carbons (Fsp3) is 0.300. The minimum atomic E-state index is 1.07. The van der Waals surface area contributed by atoms with Crippen molar-refractivity contribution in [2.24, 2.45) is 4.40 Å². The van der Waals surface area contributed by atoms with Crippen LogP contribution in [-0.4, -0.2) is 11.5 Å². The van der Waals surface area contributed by atoms with Crippen molar-refractivity contribution in [2.75, 3.05) is 5.75 Å². The van der Waals surface area contributed by atoms with Gasteiger partial charge < -0.3 is 0 Å². The summed E-state index contributed by atoms with van der Waals surface area (Å²) in [7, 11) is 0. The highest BCUT2D eigenvalue weighted by molar-refractivity contribution is 7.98. The average molecular weight is 209 g/mol. The number of thiol groups is 1. The third kappa shape index (κ3) is 1.76. The van der Waals surface area contributed by atoms with Gasteiger partial charge in [-0.25, -0.2) is 4.40 Å². The van der Waals surface area contributed by atoms with Crippen molar-refractivity contribution in [1.29, 1.82) is 0 Å². The van der Waals surface area contributed by atoms with Crippen molar-refractivity contribution in [3.63, 3.8) is 0 Å². The first-order chi connectivity index (χ1) is 6.29. The Balaban J connectivity index is 2.45. The molecule has 0 fully saturated rings. The molecule has 0 aliphatic carbocycles. The molecular weight excluding hydrogens is 198 g/mol. The Labute approximate surface area is 88.2 Å². The zero-order valence-corrected chi connectivity index (χ0v) is 9.16. The van der Waals surface area contributed by atoms with Gasteiger partial charge in [0.05, 0.1) is 5.71 Å². The number of hydrogen-bond donors (Lipinski definition) is 1. The molecule has 0 bridgehead atoms. The van der Waals surface area contributed by atoms with E-state index in [9.17, 15) is 0 Å². The predicted octanol–water partition coefficient (Wildman–Crippen LogP) is 3.12. The third-order valence-corrected chi connectivity index (χ3v) is 3.48. The SMILES string of the molecule is Cc1cccc(C2=NSCC2)c1S. The van der Waals surface area contributed by atoms with Gasteiger partial charge in [-0.1, -0.05) is 18.2 Å². The molecule has 13 heavy (non-hydrogen) atoms. The highest BCUT2D eigenvalue weighted by Gasteiger charge is 2.12. The lowest BCUT2D eigenvalue weighted by molar-refractivity contribution is 1.25. The molecule has 0 spiro atoms. The molecule has 0 unspecified atom stereocenters. The summed E-state index contributed by atoms with van der Waals surface area (Å²) in [5, 5.41) is 0. The Morgan fingerprint density at radius 1 is 1.46 bits per heavy atom. The van der Waals surface area contributed by atoms with E-state index in [1.165, 1.54) is 16.8 Å². The van der Waals surface area contributed by atoms with E-state index < -0.39 is 0 Å². The van der Waals surface area contributed by atoms with Crippen molar-refractivity contribution in [2.45, 2.75) is 18.2 Å². The normalized spacial score (nSPS) is 16.0. The van der Waals surface area contributed by atoms with Crippen molar-refractivity contribution >= 4 is 30.3 Å². The van der Waals surface area contributed by atoms with E-state index >= 15 is 0 Å². The molecule has 1 heterocycles. The van der Waals surface area contributed by atoms with Crippen LogP contribution in [0, 0.1) is 6.92 Å². The lowest BCUT2D eigenvalue weighted by Crippen LogP contribution is -1.99. The molecule has 1 aliphatic heterocycles. The minimum absolute atomic E-state index is 1.07. The number of hydrogen-bond acceptors (Lipinski definition) is 3. The molecule has 0 aromatic heterocycles. The van der Waals surface area contributed by atoms with Gasteiger partial charge in [-0.15, -0.1) is 12.6 Å². The van der Waals surface area contributed by atoms with Crippen molar-refractivity contribution in [3.8, 4) is 0 Å². The Morgan fingerprint density at radius 2 is 2.31 bits per heavy atom. The van der Waals surface area contributed by atoms with Gasteiger partial charge in [0.15, 0.2) is 0 Å². The molecule has 0 atom stereocenters. The first-order valence-corrected chi connectivity index (χ1v) is 5.66. The average Bonchev–Trinajstić information content (AvgIpc) is 2.62. The van der Waals surface area contributed by atoms with Crippen LogP contribution in [0.25, 0.3) is 0 Å². The summed E-state index contributed by atoms with van der Waals surface area (Å²) in [6.07, 6.45) is 1.07. The van der Waals surface area contributed by atoms with Crippen LogP contribution in [-0.2, 0) is 0 Å². The van der Waals surface area contributed by atoms with Crippen LogP contribution < -0.4 is 0 Å². The maximum absolute atomic E-state index is 4.50. The van der Waals surface area contributed by atoms with E-state index in [1.54, 1.807) is 11.9 Å². The standard InChI is InChI=1S/C10H11NS2/c1-7-3-2-4-8(10(7)12)9-5-6-13-11-9/h2-4,12H,5-6H2,1H3. The van der Waals surface area contributed by atoms with Crippen LogP contribution in [0.5, 0.6) is 0 Å². The minimum Gasteiger partial charge on any atom is -0.220 e. The fourth-order valence-electron chi connectivity index (χ4n) is 1.39. The maximum atomic E-state index is 4.50. The predicted molar refractivity (Wildman–Crippen MR) is 62.0 cm³/mol. The quantitative estimate of drug-likeness (QED) is 0.553. The first kappa shape index (κ1) is 9.16. The summed E-state index contributed by atoms with van der Waals surface area (Å²) in [6, 6.07) is 6.24. The summed E-state index contributed by atoms with van der Waals surface area (Å²) in [4.78, 5) is 1.07. The number of nitrogens with zero attached hydrogens (tertiary/aromatic N) is 1. The summed E-state index contributed by atoms with van der Waals surface area (Å²) >= 11 is 6.14. The van der Waals surface area contributed by atoms with Crippen molar-refractivity contribution in [3.05, 3.63) is 29.3 Å². The van der Waals surface area contributed by atoms with Gasteiger partial charge in [0, 0.05) is 22.6 Å². The van der Waals surface area contributed by atoms with Crippen molar-refractivity contribution in [1.82, 2.24) is 0 Å². The lowest BCUT2D eigenvalue weighted by atomic mass is 10.1. The third-order valence-electron chi connectivity index (χ3n) is 2.15. The molecule has 3 heteroatoms. The van der Waals surface area contributed by atoms with Gasteiger partial charge in [0.2, 0.25) is 0 Å². The van der Waals surface area contributed by atoms with Crippen molar-refractivity contribution < 1.29 is 0 Å². The van der Waals surface area contributed by atoms with Gasteiger partial charge in [-0.05, 0) is 24.4 Å². The van der Waals surface area contributed by atoms with Gasteiger partial charge >= 0.3 is 0 Å². The lowest BCUT2D eigenvalue weighted by Gasteiger charge is -2.06. The molecule has 0 amide bonds. The monoisotopic (exact) mass is 209 g/mol. The molecule has 1 aromatic rings. The van der Waals surface area contributed by atoms with Crippen LogP contribution in [0.15, 0.2) is 27.5 Å². The fourth-order valence-corrected chi connectivity index (χ4v) is 2.39. The van der Waals surface area contributed by atoms with Crippen LogP contribution in [0.1, 0.15) is 17.5 Å². The van der Waals surface area contributed by atoms with Crippen LogP contribution in [0.2, 0.25) is 0 Å². The summed E-state index contributed by atoms with van der Waals surface area (Å²) < 4.78 is 4.39. The van der Waals surface area contributed by atoms with E-state index in [0.29, 0.717) is 0 Å². The molecule has 1 aromatic carbocycles. The molecule has 0 saturated heterocycles. The molecular formula is C10H11NS2. The highest BCUT2D eigenvalue weighted by atomic mass is 32.2. The second-order valence-corrected chi connectivity index (χ2v) is 4.39. The second kappa shape index (κ2) is 3.76. The van der Waals surface area contributed by atoms with E-state index in [1.807, 2.05) is 0 Å². The highest BCUT2D eigenvalue weighted by Crippen LogP contribution is 2.25. The first-order valence-electron chi connectivity index (χ1n) is 4.27. The van der Waals surface area contributed by atoms with Gasteiger partial charge in [-0.3, -0.25) is 0 Å². The number of benzene rings is 1. The second-order valence-electron chi connectivity index (χ2n) is 3.09. The molecule has 0 radical (unpaired) electrons. The Morgan fingerprint density at radius 3 is 3.00 bits per heavy atom. The summed E-state index contributed by atoms with van der Waals surface area (Å²) in [6.45, 7) is 2.08. The van der Waals surface area contributed by atoms with E-state index in [4.69, 9.17) is 0 Å². The van der Waals surface area contributed by atoms with Crippen LogP contribution in [0.4, 0.5) is 0 Å². The van der Waals surface area contributed by atoms with Gasteiger partial charge in [-0.2, -0.15) is 0 Å². The van der Waals surface area contributed by atoms with E-state index in [2.05, 4.69) is 42.1 Å². The topological polar surface area (TPSA) is 12.4 Å². The molecule has 0 saturated carbocycles. The Hall–Kier alpha value is -0.410. The van der Waals surface area contributed by atoms with Gasteiger partial charge in [0.25, 0.3) is 0 Å². The van der Waals surface area contributed by atoms with Crippen LogP contribution in [0.3, 0.4) is 0 Å². The molecule has 2 rings (SSSR count). The number of aryl methyl sites for hydroxylation is 1. The van der Waals surface area contributed by atoms with Crippen LogP contribution >= 0.6 is 24.6 Å². The zero-order valence-electron chi connectivity index (χ0n) is 7.45. The van der Waals surface area contributed by atoms with Gasteiger partial charge in [0.1, 0.15) is 0 Å². The summed E-state index contributed by atoms with van der Waals surface area (Å²) in [5.41, 5.74) is 3.62. The zero-order chi connectivity index (χ0) is 9.26. The molecule has 1 aliphatic rings. The summed E-state index contributed by atoms with van der Waals surface area (Å²) in [5.74, 6) is 1.11. The molecule has 0 N–H and O–H groups in total. The number of rotatable bonds is 1. The Kier molecular flexibility index (Phi) is 2.65. The molecule has 1 nitrogen and oxygen atoms in total. The smallest absolute Gasteiger partial charge is 0.0579 e. The Bertz CT molecular complexity index is 358. The molecule has 68 valence electrons. The van der Waals surface area contributed by atoms with E-state index in [0.717, 1.165) is 17.1 Å². The van der Waals surface area contributed by atoms with E-state index in [-0.39, 0.29) is 0 Å². The largest absolute Gasteiger partial charge is 0.220 e. The maximum Gasteiger partial charge on any atom is 0.0579 e.